The van der Waals surface area contributed by atoms with Crippen LogP contribution in [0.1, 0.15) is 42.0 Å². The Morgan fingerprint density at radius 2 is 2.07 bits per heavy atom. The van der Waals surface area contributed by atoms with Crippen LogP contribution in [0.15, 0.2) is 42.7 Å². The summed E-state index contributed by atoms with van der Waals surface area (Å²) in [5.74, 6) is 1.64. The van der Waals surface area contributed by atoms with Gasteiger partial charge in [0.2, 0.25) is 0 Å². The summed E-state index contributed by atoms with van der Waals surface area (Å²) in [6.07, 6.45) is 7.20. The van der Waals surface area contributed by atoms with Crippen molar-refractivity contribution in [3.63, 3.8) is 0 Å². The molecule has 29 heavy (non-hydrogen) atoms. The number of benzene rings is 1. The predicted molar refractivity (Wildman–Crippen MR) is 110 cm³/mol. The lowest BCUT2D eigenvalue weighted by molar-refractivity contribution is 0.354. The highest BCUT2D eigenvalue weighted by molar-refractivity contribution is 5.65. The summed E-state index contributed by atoms with van der Waals surface area (Å²) in [7, 11) is 3.28. The number of ether oxygens (including phenoxy) is 2. The van der Waals surface area contributed by atoms with Crippen molar-refractivity contribution in [2.45, 2.75) is 38.1 Å². The largest absolute Gasteiger partial charge is 0.493 e. The third kappa shape index (κ3) is 3.68. The molecule has 1 aliphatic rings. The molecule has 2 aromatic heterocycles. The molecule has 3 aromatic rings. The molecule has 0 fully saturated rings. The van der Waals surface area contributed by atoms with E-state index < -0.39 is 0 Å². The van der Waals surface area contributed by atoms with Crippen LogP contribution in [0, 0.1) is 11.3 Å². The molecule has 0 saturated heterocycles. The van der Waals surface area contributed by atoms with E-state index >= 15 is 0 Å². The molecule has 6 nitrogen and oxygen atoms in total. The van der Waals surface area contributed by atoms with E-state index in [-0.39, 0.29) is 5.92 Å². The maximum absolute atomic E-state index is 9.34. The average molecular weight is 388 g/mol. The first kappa shape index (κ1) is 19.0. The Hall–Kier alpha value is -3.33. The first-order valence-electron chi connectivity index (χ1n) is 9.83. The molecule has 4 rings (SSSR count). The zero-order valence-electron chi connectivity index (χ0n) is 16.8. The summed E-state index contributed by atoms with van der Waals surface area (Å²) in [4.78, 5) is 4.27. The number of methoxy groups -OCH3 is 2. The number of aromatic nitrogens is 3. The molecule has 0 saturated carbocycles. The molecule has 1 unspecified atom stereocenters. The third-order valence-electron chi connectivity index (χ3n) is 5.53. The maximum atomic E-state index is 9.34. The number of hydrogen-bond acceptors (Lipinski definition) is 5. The van der Waals surface area contributed by atoms with Crippen LogP contribution in [-0.2, 0) is 13.0 Å². The fraction of sp³-hybridized carbons (Fsp3) is 0.348. The zero-order chi connectivity index (χ0) is 20.2. The Morgan fingerprint density at radius 1 is 1.21 bits per heavy atom. The predicted octanol–water partition coefficient (Wildman–Crippen LogP) is 4.34. The Morgan fingerprint density at radius 3 is 2.79 bits per heavy atom. The van der Waals surface area contributed by atoms with Gasteiger partial charge in [0.25, 0.3) is 0 Å². The minimum atomic E-state index is 0.220. The van der Waals surface area contributed by atoms with Gasteiger partial charge >= 0.3 is 0 Å². The number of hydrogen-bond donors (Lipinski definition) is 0. The van der Waals surface area contributed by atoms with E-state index in [9.17, 15) is 5.26 Å². The summed E-state index contributed by atoms with van der Waals surface area (Å²) < 4.78 is 12.9. The average Bonchev–Trinajstić information content (AvgIpc) is 3.14. The van der Waals surface area contributed by atoms with Crippen LogP contribution in [0.4, 0.5) is 0 Å². The van der Waals surface area contributed by atoms with Gasteiger partial charge in [0.1, 0.15) is 0 Å². The Bertz CT molecular complexity index is 1040. The van der Waals surface area contributed by atoms with E-state index in [1.165, 1.54) is 11.3 Å². The topological polar surface area (TPSA) is 73.0 Å². The quantitative estimate of drug-likeness (QED) is 0.628. The summed E-state index contributed by atoms with van der Waals surface area (Å²) in [6.45, 7) is 0.641. The van der Waals surface area contributed by atoms with Crippen LogP contribution >= 0.6 is 0 Å². The minimum Gasteiger partial charge on any atom is -0.493 e. The van der Waals surface area contributed by atoms with Crippen LogP contribution in [0.3, 0.4) is 0 Å². The van der Waals surface area contributed by atoms with Gasteiger partial charge in [-0.15, -0.1) is 0 Å². The summed E-state index contributed by atoms with van der Waals surface area (Å²) >= 11 is 0. The van der Waals surface area contributed by atoms with Gasteiger partial charge < -0.3 is 9.47 Å². The van der Waals surface area contributed by atoms with E-state index in [0.717, 1.165) is 36.1 Å². The maximum Gasteiger partial charge on any atom is 0.161 e. The Labute approximate surface area is 170 Å². The molecule has 0 aliphatic heterocycles. The summed E-state index contributed by atoms with van der Waals surface area (Å²) in [6, 6.07) is 12.3. The lowest BCUT2D eigenvalue weighted by Crippen LogP contribution is -2.13. The molecular weight excluding hydrogens is 364 g/mol. The standard InChI is InChI=1S/C23H24N4O2/c1-28-20-9-8-16(13-21(20)29-2)15-27-19-7-3-5-17(10-11-24)22(19)23(26-27)18-6-4-12-25-14-18/h4,6,8-9,12-14,17H,3,5,7,10,15H2,1-2H3. The second-order valence-corrected chi connectivity index (χ2v) is 7.25. The van der Waals surface area contributed by atoms with Crippen LogP contribution in [-0.4, -0.2) is 29.0 Å². The molecule has 0 spiro atoms. The van der Waals surface area contributed by atoms with Gasteiger partial charge in [0.15, 0.2) is 11.5 Å². The van der Waals surface area contributed by atoms with Crippen molar-refractivity contribution in [1.29, 1.82) is 5.26 Å². The molecule has 0 N–H and O–H groups in total. The number of nitrogens with zero attached hydrogens (tertiary/aromatic N) is 4. The fourth-order valence-electron chi connectivity index (χ4n) is 4.18. The zero-order valence-corrected chi connectivity index (χ0v) is 16.8. The van der Waals surface area contributed by atoms with Gasteiger partial charge in [0.05, 0.1) is 32.5 Å². The van der Waals surface area contributed by atoms with Crippen molar-refractivity contribution in [3.8, 4) is 28.8 Å². The Kier molecular flexibility index (Phi) is 5.48. The van der Waals surface area contributed by atoms with Gasteiger partial charge in [-0.3, -0.25) is 9.67 Å². The minimum absolute atomic E-state index is 0.220. The number of nitriles is 1. The first-order chi connectivity index (χ1) is 14.2. The smallest absolute Gasteiger partial charge is 0.161 e. The summed E-state index contributed by atoms with van der Waals surface area (Å²) in [5, 5.41) is 14.3. The van der Waals surface area contributed by atoms with Crippen molar-refractivity contribution in [1.82, 2.24) is 14.8 Å². The molecule has 6 heteroatoms. The van der Waals surface area contributed by atoms with Crippen molar-refractivity contribution < 1.29 is 9.47 Å². The fourth-order valence-corrected chi connectivity index (χ4v) is 4.18. The molecule has 0 bridgehead atoms. The first-order valence-corrected chi connectivity index (χ1v) is 9.83. The second-order valence-electron chi connectivity index (χ2n) is 7.25. The molecule has 1 aromatic carbocycles. The number of rotatable bonds is 6. The van der Waals surface area contributed by atoms with Crippen molar-refractivity contribution in [2.75, 3.05) is 14.2 Å². The normalized spacial score (nSPS) is 15.4. The van der Waals surface area contributed by atoms with Crippen LogP contribution in [0.2, 0.25) is 0 Å². The van der Waals surface area contributed by atoms with Crippen molar-refractivity contribution >= 4 is 0 Å². The van der Waals surface area contributed by atoms with Crippen LogP contribution in [0.5, 0.6) is 11.5 Å². The molecule has 0 radical (unpaired) electrons. The van der Waals surface area contributed by atoms with Crippen molar-refractivity contribution in [3.05, 3.63) is 59.5 Å². The van der Waals surface area contributed by atoms with Gasteiger partial charge in [-0.05, 0) is 49.1 Å². The van der Waals surface area contributed by atoms with E-state index in [2.05, 4.69) is 15.7 Å². The lowest BCUT2D eigenvalue weighted by atomic mass is 9.82. The van der Waals surface area contributed by atoms with E-state index in [4.69, 9.17) is 14.6 Å². The molecule has 0 amide bonds. The van der Waals surface area contributed by atoms with Gasteiger partial charge in [-0.1, -0.05) is 6.07 Å². The van der Waals surface area contributed by atoms with Crippen LogP contribution in [0.25, 0.3) is 11.3 Å². The highest BCUT2D eigenvalue weighted by Crippen LogP contribution is 2.40. The molecule has 1 atom stereocenters. The second kappa shape index (κ2) is 8.36. The van der Waals surface area contributed by atoms with Gasteiger partial charge in [0, 0.05) is 41.6 Å². The van der Waals surface area contributed by atoms with E-state index in [0.29, 0.717) is 24.5 Å². The third-order valence-corrected chi connectivity index (χ3v) is 5.53. The number of pyridine rings is 1. The highest BCUT2D eigenvalue weighted by Gasteiger charge is 2.29. The van der Waals surface area contributed by atoms with E-state index in [1.54, 1.807) is 20.4 Å². The van der Waals surface area contributed by atoms with Crippen molar-refractivity contribution in [2.24, 2.45) is 0 Å². The molecule has 1 aliphatic carbocycles. The highest BCUT2D eigenvalue weighted by atomic mass is 16.5. The number of fused-ring (bicyclic) bond motifs is 1. The SMILES string of the molecule is COc1ccc(Cn2nc(-c3cccnc3)c3c2CCCC3CC#N)cc1OC. The van der Waals surface area contributed by atoms with E-state index in [1.807, 2.05) is 36.5 Å². The molecule has 148 valence electrons. The van der Waals surface area contributed by atoms with Crippen LogP contribution < -0.4 is 9.47 Å². The Balaban J connectivity index is 1.78. The summed E-state index contributed by atoms with van der Waals surface area (Å²) in [5.41, 5.74) is 5.48. The van der Waals surface area contributed by atoms with Gasteiger partial charge in [-0.2, -0.15) is 10.4 Å². The lowest BCUT2D eigenvalue weighted by Gasteiger charge is -2.22. The molecular formula is C23H24N4O2. The molecule has 2 heterocycles. The van der Waals surface area contributed by atoms with Gasteiger partial charge in [-0.25, -0.2) is 0 Å². The monoisotopic (exact) mass is 388 g/mol.